The Bertz CT molecular complexity index is 488. The van der Waals surface area contributed by atoms with Crippen molar-refractivity contribution < 1.29 is 13.9 Å². The zero-order valence-corrected chi connectivity index (χ0v) is 12.3. The van der Waals surface area contributed by atoms with Crippen LogP contribution in [0.1, 0.15) is 13.8 Å². The summed E-state index contributed by atoms with van der Waals surface area (Å²) in [4.78, 5) is 13.9. The van der Waals surface area contributed by atoms with E-state index in [1.54, 1.807) is 6.07 Å². The summed E-state index contributed by atoms with van der Waals surface area (Å²) < 4.78 is 19.2. The molecule has 2 atom stereocenters. The number of benzene rings is 1. The monoisotopic (exact) mass is 300 g/mol. The van der Waals surface area contributed by atoms with Crippen molar-refractivity contribution in [3.63, 3.8) is 0 Å². The van der Waals surface area contributed by atoms with Crippen LogP contribution in [0, 0.1) is 5.82 Å². The molecule has 6 heteroatoms. The summed E-state index contributed by atoms with van der Waals surface area (Å²) in [6.45, 7) is 5.56. The smallest absolute Gasteiger partial charge is 0.238 e. The van der Waals surface area contributed by atoms with Crippen molar-refractivity contribution in [3.05, 3.63) is 29.0 Å². The molecule has 0 unspecified atom stereocenters. The van der Waals surface area contributed by atoms with E-state index in [9.17, 15) is 9.18 Å². The highest BCUT2D eigenvalue weighted by Crippen LogP contribution is 2.19. The normalized spacial score (nSPS) is 23.6. The number of halogens is 2. The number of nitrogens with zero attached hydrogens (tertiary/aromatic N) is 1. The van der Waals surface area contributed by atoms with Crippen LogP contribution in [0.5, 0.6) is 0 Å². The number of nitrogens with one attached hydrogen (secondary N) is 1. The summed E-state index contributed by atoms with van der Waals surface area (Å²) in [5, 5.41) is 2.86. The van der Waals surface area contributed by atoms with E-state index in [1.165, 1.54) is 12.1 Å². The number of hydrogen-bond donors (Lipinski definition) is 1. The zero-order chi connectivity index (χ0) is 14.7. The minimum atomic E-state index is -0.533. The van der Waals surface area contributed by atoms with Gasteiger partial charge in [-0.25, -0.2) is 4.39 Å². The van der Waals surface area contributed by atoms with Gasteiger partial charge in [0, 0.05) is 18.1 Å². The van der Waals surface area contributed by atoms with Crippen LogP contribution in [-0.2, 0) is 9.53 Å². The van der Waals surface area contributed by atoms with Gasteiger partial charge >= 0.3 is 0 Å². The number of anilines is 1. The van der Waals surface area contributed by atoms with Gasteiger partial charge in [0.05, 0.1) is 24.4 Å². The molecule has 2 rings (SSSR count). The molecule has 20 heavy (non-hydrogen) atoms. The molecule has 1 aliphatic rings. The van der Waals surface area contributed by atoms with E-state index in [0.717, 1.165) is 0 Å². The predicted octanol–water partition coefficient (Wildman–Crippen LogP) is 2.53. The molecule has 0 spiro atoms. The first-order valence-corrected chi connectivity index (χ1v) is 6.94. The first-order valence-electron chi connectivity index (χ1n) is 6.56. The van der Waals surface area contributed by atoms with Gasteiger partial charge in [-0.3, -0.25) is 9.69 Å². The summed E-state index contributed by atoms with van der Waals surface area (Å²) in [5.74, 6) is -0.776. The van der Waals surface area contributed by atoms with E-state index in [1.807, 2.05) is 18.7 Å². The summed E-state index contributed by atoms with van der Waals surface area (Å²) >= 11 is 5.67. The van der Waals surface area contributed by atoms with Crippen LogP contribution in [-0.4, -0.2) is 42.6 Å². The van der Waals surface area contributed by atoms with Gasteiger partial charge in [-0.1, -0.05) is 11.6 Å². The quantitative estimate of drug-likeness (QED) is 0.932. The number of carbonyl (C=O) groups excluding carboxylic acids is 1. The van der Waals surface area contributed by atoms with Crippen LogP contribution in [0.2, 0.25) is 5.02 Å². The van der Waals surface area contributed by atoms with Crippen molar-refractivity contribution in [1.29, 1.82) is 0 Å². The maximum absolute atomic E-state index is 13.6. The zero-order valence-electron chi connectivity index (χ0n) is 11.5. The topological polar surface area (TPSA) is 41.6 Å². The van der Waals surface area contributed by atoms with Crippen molar-refractivity contribution in [1.82, 2.24) is 4.90 Å². The fourth-order valence-electron chi connectivity index (χ4n) is 2.40. The Balaban J connectivity index is 1.92. The van der Waals surface area contributed by atoms with Crippen molar-refractivity contribution in [2.45, 2.75) is 26.1 Å². The van der Waals surface area contributed by atoms with Crippen LogP contribution in [0.25, 0.3) is 0 Å². The molecule has 1 saturated heterocycles. The van der Waals surface area contributed by atoms with Gasteiger partial charge < -0.3 is 10.1 Å². The SMILES string of the molecule is C[C@H]1CN(CC(=O)Nc2ccc(Cl)cc2F)C[C@H](C)O1. The number of morpholine rings is 1. The number of rotatable bonds is 3. The maximum Gasteiger partial charge on any atom is 0.238 e. The Morgan fingerprint density at radius 2 is 2.10 bits per heavy atom. The summed E-state index contributed by atoms with van der Waals surface area (Å²) in [6, 6.07) is 4.18. The molecular formula is C14H18ClFN2O2. The minimum absolute atomic E-state index is 0.0961. The predicted molar refractivity (Wildman–Crippen MR) is 76.5 cm³/mol. The van der Waals surface area contributed by atoms with Gasteiger partial charge in [-0.2, -0.15) is 0 Å². The molecule has 0 aliphatic carbocycles. The Morgan fingerprint density at radius 3 is 2.70 bits per heavy atom. The van der Waals surface area contributed by atoms with Gasteiger partial charge in [0.25, 0.3) is 0 Å². The van der Waals surface area contributed by atoms with Gasteiger partial charge in [-0.15, -0.1) is 0 Å². The van der Waals surface area contributed by atoms with Crippen LogP contribution in [0.15, 0.2) is 18.2 Å². The number of amides is 1. The second-order valence-corrected chi connectivity index (χ2v) is 5.56. The van der Waals surface area contributed by atoms with Crippen LogP contribution in [0.4, 0.5) is 10.1 Å². The van der Waals surface area contributed by atoms with Crippen LogP contribution in [0.3, 0.4) is 0 Å². The first-order chi connectivity index (χ1) is 9.44. The third-order valence-electron chi connectivity index (χ3n) is 3.07. The average molecular weight is 301 g/mol. The summed E-state index contributed by atoms with van der Waals surface area (Å²) in [6.07, 6.45) is 0.192. The molecule has 1 aliphatic heterocycles. The van der Waals surface area contributed by atoms with Crippen LogP contribution >= 0.6 is 11.6 Å². The molecule has 4 nitrogen and oxygen atoms in total. The first kappa shape index (κ1) is 15.2. The van der Waals surface area contributed by atoms with Gasteiger partial charge in [0.15, 0.2) is 0 Å². The summed E-state index contributed by atoms with van der Waals surface area (Å²) in [7, 11) is 0. The standard InChI is InChI=1S/C14H18ClFN2O2/c1-9-6-18(7-10(2)20-9)8-14(19)17-13-4-3-11(15)5-12(13)16/h3-5,9-10H,6-8H2,1-2H3,(H,17,19)/t9-,10-/m0/s1. The lowest BCUT2D eigenvalue weighted by molar-refractivity contribution is -0.121. The van der Waals surface area contributed by atoms with Gasteiger partial charge in [0.2, 0.25) is 5.91 Å². The van der Waals surface area contributed by atoms with Crippen molar-refractivity contribution in [2.75, 3.05) is 25.0 Å². The molecule has 1 heterocycles. The Labute approximate surface area is 122 Å². The van der Waals surface area contributed by atoms with E-state index in [2.05, 4.69) is 5.32 Å². The molecule has 0 bridgehead atoms. The number of ether oxygens (including phenoxy) is 1. The molecule has 110 valence electrons. The summed E-state index contributed by atoms with van der Waals surface area (Å²) in [5.41, 5.74) is 0.147. The lowest BCUT2D eigenvalue weighted by Gasteiger charge is -2.34. The Hall–Kier alpha value is -1.17. The van der Waals surface area contributed by atoms with Crippen molar-refractivity contribution in [2.24, 2.45) is 0 Å². The number of hydrogen-bond acceptors (Lipinski definition) is 3. The molecule has 1 fully saturated rings. The van der Waals surface area contributed by atoms with Gasteiger partial charge in [0.1, 0.15) is 5.82 Å². The van der Waals surface area contributed by atoms with Crippen LogP contribution < -0.4 is 5.32 Å². The largest absolute Gasteiger partial charge is 0.373 e. The van der Waals surface area contributed by atoms with Crippen molar-refractivity contribution in [3.8, 4) is 0 Å². The van der Waals surface area contributed by atoms with Crippen molar-refractivity contribution >= 4 is 23.2 Å². The fourth-order valence-corrected chi connectivity index (χ4v) is 2.56. The van der Waals surface area contributed by atoms with Gasteiger partial charge in [-0.05, 0) is 32.0 Å². The van der Waals surface area contributed by atoms with E-state index in [0.29, 0.717) is 18.1 Å². The maximum atomic E-state index is 13.6. The molecule has 0 saturated carbocycles. The number of carbonyl (C=O) groups is 1. The highest BCUT2D eigenvalue weighted by Gasteiger charge is 2.23. The second kappa shape index (κ2) is 6.52. The molecular weight excluding hydrogens is 283 g/mol. The molecule has 1 aromatic rings. The third-order valence-corrected chi connectivity index (χ3v) is 3.30. The Morgan fingerprint density at radius 1 is 1.45 bits per heavy atom. The van der Waals surface area contributed by atoms with E-state index in [4.69, 9.17) is 16.3 Å². The van der Waals surface area contributed by atoms with E-state index in [-0.39, 0.29) is 30.3 Å². The molecule has 0 aromatic heterocycles. The highest BCUT2D eigenvalue weighted by atomic mass is 35.5. The fraction of sp³-hybridized carbons (Fsp3) is 0.500. The average Bonchev–Trinajstić information content (AvgIpc) is 2.31. The lowest BCUT2D eigenvalue weighted by atomic mass is 10.2. The third kappa shape index (κ3) is 4.16. The molecule has 0 radical (unpaired) electrons. The lowest BCUT2D eigenvalue weighted by Crippen LogP contribution is -2.48. The molecule has 1 aromatic carbocycles. The second-order valence-electron chi connectivity index (χ2n) is 5.12. The van der Waals surface area contributed by atoms with E-state index >= 15 is 0 Å². The molecule has 1 N–H and O–H groups in total. The van der Waals surface area contributed by atoms with E-state index < -0.39 is 5.82 Å². The minimum Gasteiger partial charge on any atom is -0.373 e. The molecule has 1 amide bonds. The Kier molecular flexibility index (Phi) is 4.96. The highest BCUT2D eigenvalue weighted by molar-refractivity contribution is 6.30.